The molecule has 3 heterocycles. The van der Waals surface area contributed by atoms with Crippen molar-refractivity contribution < 1.29 is 0 Å². The second-order valence-corrected chi connectivity index (χ2v) is 4.72. The molecule has 0 saturated carbocycles. The van der Waals surface area contributed by atoms with E-state index in [1.54, 1.807) is 17.7 Å². The molecule has 3 N–H and O–H groups in total. The maximum absolute atomic E-state index is 11.6. The zero-order chi connectivity index (χ0) is 12.5. The number of H-pyrrole nitrogens is 1. The molecule has 7 heteroatoms. The SMILES string of the molecule is Nc1nc2c(ncn2CCc2ccsc2)c(=O)[nH]1. The molecule has 18 heavy (non-hydrogen) atoms. The molecular weight excluding hydrogens is 250 g/mol. The van der Waals surface area contributed by atoms with E-state index >= 15 is 0 Å². The Balaban J connectivity index is 1.95. The van der Waals surface area contributed by atoms with Gasteiger partial charge in [-0.15, -0.1) is 0 Å². The van der Waals surface area contributed by atoms with E-state index in [1.807, 2.05) is 9.95 Å². The van der Waals surface area contributed by atoms with Gasteiger partial charge in [0.05, 0.1) is 6.33 Å². The average Bonchev–Trinajstić information content (AvgIpc) is 2.94. The number of nitrogens with zero attached hydrogens (tertiary/aromatic N) is 3. The predicted octanol–water partition coefficient (Wildman–Crippen LogP) is 1.01. The molecule has 0 aliphatic carbocycles. The maximum Gasteiger partial charge on any atom is 0.280 e. The number of aryl methyl sites for hydroxylation is 2. The average molecular weight is 261 g/mol. The molecule has 0 aliphatic heterocycles. The van der Waals surface area contributed by atoms with Crippen molar-refractivity contribution in [1.29, 1.82) is 0 Å². The molecule has 0 amide bonds. The standard InChI is InChI=1S/C11H11N5OS/c12-11-14-9-8(10(17)15-11)13-6-16(9)3-1-7-2-4-18-5-7/h2,4-6H,1,3H2,(H3,12,14,15,17). The summed E-state index contributed by atoms with van der Waals surface area (Å²) in [5.74, 6) is 0.116. The Labute approximate surface area is 106 Å². The van der Waals surface area contributed by atoms with Gasteiger partial charge in [0.2, 0.25) is 5.95 Å². The quantitative estimate of drug-likeness (QED) is 0.736. The zero-order valence-corrected chi connectivity index (χ0v) is 10.3. The van der Waals surface area contributed by atoms with Crippen LogP contribution in [0.3, 0.4) is 0 Å². The van der Waals surface area contributed by atoms with Crippen molar-refractivity contribution in [2.24, 2.45) is 0 Å². The van der Waals surface area contributed by atoms with Gasteiger partial charge < -0.3 is 10.3 Å². The van der Waals surface area contributed by atoms with Crippen LogP contribution in [-0.2, 0) is 13.0 Å². The smallest absolute Gasteiger partial charge is 0.280 e. The van der Waals surface area contributed by atoms with Gasteiger partial charge in [0.15, 0.2) is 11.2 Å². The molecular formula is C11H11N5OS. The van der Waals surface area contributed by atoms with Crippen molar-refractivity contribution in [1.82, 2.24) is 19.5 Å². The third-order valence-electron chi connectivity index (χ3n) is 2.71. The number of rotatable bonds is 3. The number of hydrogen-bond acceptors (Lipinski definition) is 5. The van der Waals surface area contributed by atoms with E-state index in [1.165, 1.54) is 5.56 Å². The first kappa shape index (κ1) is 11.0. The fourth-order valence-corrected chi connectivity index (χ4v) is 2.52. The lowest BCUT2D eigenvalue weighted by Crippen LogP contribution is -2.12. The van der Waals surface area contributed by atoms with Gasteiger partial charge in [-0.3, -0.25) is 9.78 Å². The summed E-state index contributed by atoms with van der Waals surface area (Å²) in [4.78, 5) is 22.2. The summed E-state index contributed by atoms with van der Waals surface area (Å²) in [7, 11) is 0. The van der Waals surface area contributed by atoms with Crippen LogP contribution in [0.25, 0.3) is 11.2 Å². The Hall–Kier alpha value is -2.15. The summed E-state index contributed by atoms with van der Waals surface area (Å²) in [6.45, 7) is 0.725. The fraction of sp³-hybridized carbons (Fsp3) is 0.182. The number of aromatic nitrogens is 4. The minimum atomic E-state index is -0.299. The molecule has 0 saturated heterocycles. The number of nitrogens with one attached hydrogen (secondary N) is 1. The minimum absolute atomic E-state index is 0.116. The van der Waals surface area contributed by atoms with Gasteiger partial charge in [-0.05, 0) is 28.8 Å². The Bertz CT molecular complexity index is 728. The van der Waals surface area contributed by atoms with Crippen molar-refractivity contribution in [2.75, 3.05) is 5.73 Å². The number of anilines is 1. The van der Waals surface area contributed by atoms with Gasteiger partial charge in [0.1, 0.15) is 0 Å². The molecule has 0 aliphatic rings. The van der Waals surface area contributed by atoms with Crippen molar-refractivity contribution >= 4 is 28.4 Å². The van der Waals surface area contributed by atoms with E-state index in [0.29, 0.717) is 11.2 Å². The van der Waals surface area contributed by atoms with Gasteiger partial charge >= 0.3 is 0 Å². The number of nitrogen functional groups attached to an aromatic ring is 1. The normalized spacial score (nSPS) is 11.1. The van der Waals surface area contributed by atoms with E-state index < -0.39 is 0 Å². The molecule has 0 spiro atoms. The highest BCUT2D eigenvalue weighted by molar-refractivity contribution is 7.07. The van der Waals surface area contributed by atoms with Crippen LogP contribution in [0.15, 0.2) is 27.9 Å². The molecule has 0 fully saturated rings. The Morgan fingerprint density at radius 2 is 2.39 bits per heavy atom. The minimum Gasteiger partial charge on any atom is -0.369 e. The summed E-state index contributed by atoms with van der Waals surface area (Å²) in [6, 6.07) is 2.08. The van der Waals surface area contributed by atoms with Crippen LogP contribution in [0, 0.1) is 0 Å². The van der Waals surface area contributed by atoms with Crippen molar-refractivity contribution in [3.05, 3.63) is 39.1 Å². The molecule has 3 aromatic rings. The number of fused-ring (bicyclic) bond motifs is 1. The van der Waals surface area contributed by atoms with E-state index in [0.717, 1.165) is 13.0 Å². The molecule has 0 aromatic carbocycles. The first-order valence-corrected chi connectivity index (χ1v) is 6.40. The molecule has 3 rings (SSSR count). The predicted molar refractivity (Wildman–Crippen MR) is 70.6 cm³/mol. The Morgan fingerprint density at radius 1 is 1.50 bits per heavy atom. The number of imidazole rings is 1. The lowest BCUT2D eigenvalue weighted by Gasteiger charge is -2.02. The summed E-state index contributed by atoms with van der Waals surface area (Å²) in [6.07, 6.45) is 2.50. The highest BCUT2D eigenvalue weighted by Gasteiger charge is 2.08. The topological polar surface area (TPSA) is 89.6 Å². The Kier molecular flexibility index (Phi) is 2.60. The lowest BCUT2D eigenvalue weighted by atomic mass is 10.2. The first-order valence-electron chi connectivity index (χ1n) is 5.46. The van der Waals surface area contributed by atoms with Crippen LogP contribution in [0.2, 0.25) is 0 Å². The van der Waals surface area contributed by atoms with Gasteiger partial charge in [0, 0.05) is 6.54 Å². The molecule has 0 atom stereocenters. The van der Waals surface area contributed by atoms with Crippen LogP contribution in [0.1, 0.15) is 5.56 Å². The zero-order valence-electron chi connectivity index (χ0n) is 9.46. The van der Waals surface area contributed by atoms with Crippen LogP contribution in [0.4, 0.5) is 5.95 Å². The van der Waals surface area contributed by atoms with Gasteiger partial charge in [-0.25, -0.2) is 4.98 Å². The van der Waals surface area contributed by atoms with E-state index in [2.05, 4.69) is 26.4 Å². The van der Waals surface area contributed by atoms with Crippen LogP contribution in [0.5, 0.6) is 0 Å². The molecule has 92 valence electrons. The molecule has 0 radical (unpaired) electrons. The van der Waals surface area contributed by atoms with E-state index in [-0.39, 0.29) is 11.5 Å². The molecule has 3 aromatic heterocycles. The van der Waals surface area contributed by atoms with Gasteiger partial charge in [0.25, 0.3) is 5.56 Å². The van der Waals surface area contributed by atoms with Crippen molar-refractivity contribution in [3.63, 3.8) is 0 Å². The largest absolute Gasteiger partial charge is 0.369 e. The number of aromatic amines is 1. The first-order chi connectivity index (χ1) is 8.74. The molecule has 0 bridgehead atoms. The van der Waals surface area contributed by atoms with Gasteiger partial charge in [-0.2, -0.15) is 16.3 Å². The van der Waals surface area contributed by atoms with Crippen molar-refractivity contribution in [2.45, 2.75) is 13.0 Å². The van der Waals surface area contributed by atoms with Crippen LogP contribution >= 0.6 is 11.3 Å². The monoisotopic (exact) mass is 261 g/mol. The summed E-state index contributed by atoms with van der Waals surface area (Å²) < 4.78 is 1.85. The van der Waals surface area contributed by atoms with Crippen molar-refractivity contribution in [3.8, 4) is 0 Å². The third-order valence-corrected chi connectivity index (χ3v) is 3.45. The van der Waals surface area contributed by atoms with E-state index in [4.69, 9.17) is 5.73 Å². The fourth-order valence-electron chi connectivity index (χ4n) is 1.82. The summed E-state index contributed by atoms with van der Waals surface area (Å²) >= 11 is 1.67. The van der Waals surface area contributed by atoms with Crippen LogP contribution in [-0.4, -0.2) is 19.5 Å². The highest BCUT2D eigenvalue weighted by Crippen LogP contribution is 2.10. The Morgan fingerprint density at radius 3 is 3.17 bits per heavy atom. The second-order valence-electron chi connectivity index (χ2n) is 3.94. The van der Waals surface area contributed by atoms with Gasteiger partial charge in [-0.1, -0.05) is 0 Å². The number of nitrogens with two attached hydrogens (primary N) is 1. The summed E-state index contributed by atoms with van der Waals surface area (Å²) in [5, 5.41) is 4.15. The summed E-state index contributed by atoms with van der Waals surface area (Å²) in [5.41, 5.74) is 7.36. The maximum atomic E-state index is 11.6. The second kappa shape index (κ2) is 4.26. The highest BCUT2D eigenvalue weighted by atomic mass is 32.1. The van der Waals surface area contributed by atoms with E-state index in [9.17, 15) is 4.79 Å². The lowest BCUT2D eigenvalue weighted by molar-refractivity contribution is 0.711. The third kappa shape index (κ3) is 1.88. The molecule has 6 nitrogen and oxygen atoms in total. The molecule has 0 unspecified atom stereocenters. The van der Waals surface area contributed by atoms with Crippen LogP contribution < -0.4 is 11.3 Å². The number of thiophene rings is 1. The number of hydrogen-bond donors (Lipinski definition) is 2.